The molecular formula is C23H25FN2O4. The number of halogens is 1. The molecule has 6 nitrogen and oxygen atoms in total. The van der Waals surface area contributed by atoms with Crippen molar-refractivity contribution in [1.29, 1.82) is 0 Å². The number of piperidine rings is 1. The third kappa shape index (κ3) is 4.68. The molecule has 0 unspecified atom stereocenters. The quantitative estimate of drug-likeness (QED) is 0.749. The Morgan fingerprint density at radius 3 is 2.03 bits per heavy atom. The zero-order valence-electron chi connectivity index (χ0n) is 16.8. The van der Waals surface area contributed by atoms with E-state index in [4.69, 9.17) is 10.2 Å². The highest BCUT2D eigenvalue weighted by Gasteiger charge is 2.44. The molecule has 2 aromatic carbocycles. The summed E-state index contributed by atoms with van der Waals surface area (Å²) in [5, 5.41) is 15.6. The van der Waals surface area contributed by atoms with Crippen molar-refractivity contribution >= 4 is 23.3 Å². The van der Waals surface area contributed by atoms with Crippen LogP contribution in [-0.2, 0) is 15.0 Å². The standard InChI is InChI=1S/C19H21FN2.C4H4O4/c1-21-12-10-19(11-13-21)14-22(17-8-4-2-6-15(17)19)18-9-5-3-7-16(18)20;5-3(6)1-2-4(7)8/h2-9H,10-14H2,1H3;1-2H,(H,5,6)(H,7,8)/b;2-1-. The van der Waals surface area contributed by atoms with Gasteiger partial charge in [0.1, 0.15) is 5.82 Å². The number of para-hydroxylation sites is 2. The number of fused-ring (bicyclic) bond motifs is 2. The van der Waals surface area contributed by atoms with Crippen LogP contribution in [0.5, 0.6) is 0 Å². The fraction of sp³-hybridized carbons (Fsp3) is 0.304. The van der Waals surface area contributed by atoms with Gasteiger partial charge in [-0.2, -0.15) is 0 Å². The van der Waals surface area contributed by atoms with Crippen LogP contribution in [0.15, 0.2) is 60.7 Å². The predicted octanol–water partition coefficient (Wildman–Crippen LogP) is 3.65. The number of carboxylic acid groups (broad SMARTS) is 2. The normalized spacial score (nSPS) is 17.5. The Kier molecular flexibility index (Phi) is 6.52. The molecule has 0 aromatic heterocycles. The molecule has 0 radical (unpaired) electrons. The second-order valence-corrected chi connectivity index (χ2v) is 7.65. The molecule has 2 aliphatic heterocycles. The third-order valence-electron chi connectivity index (χ3n) is 5.68. The number of anilines is 2. The van der Waals surface area contributed by atoms with E-state index < -0.39 is 11.9 Å². The average Bonchev–Trinajstić information content (AvgIpc) is 3.04. The minimum atomic E-state index is -1.26. The molecule has 1 fully saturated rings. The fourth-order valence-electron chi connectivity index (χ4n) is 4.13. The molecule has 0 bridgehead atoms. The average molecular weight is 412 g/mol. The van der Waals surface area contributed by atoms with Crippen LogP contribution >= 0.6 is 0 Å². The van der Waals surface area contributed by atoms with Gasteiger partial charge in [-0.3, -0.25) is 0 Å². The molecule has 0 amide bonds. The highest BCUT2D eigenvalue weighted by atomic mass is 19.1. The maximum absolute atomic E-state index is 14.3. The molecule has 2 aromatic rings. The monoisotopic (exact) mass is 412 g/mol. The predicted molar refractivity (Wildman–Crippen MR) is 113 cm³/mol. The Labute approximate surface area is 174 Å². The van der Waals surface area contributed by atoms with E-state index in [1.807, 2.05) is 12.1 Å². The molecule has 1 spiro atoms. The second kappa shape index (κ2) is 9.09. The lowest BCUT2D eigenvalue weighted by atomic mass is 9.74. The lowest BCUT2D eigenvalue weighted by Gasteiger charge is -2.38. The van der Waals surface area contributed by atoms with Gasteiger partial charge in [0.15, 0.2) is 0 Å². The van der Waals surface area contributed by atoms with Crippen LogP contribution in [0.4, 0.5) is 15.8 Å². The second-order valence-electron chi connectivity index (χ2n) is 7.65. The van der Waals surface area contributed by atoms with Crippen molar-refractivity contribution in [2.24, 2.45) is 0 Å². The molecule has 1 saturated heterocycles. The van der Waals surface area contributed by atoms with E-state index in [0.29, 0.717) is 17.8 Å². The number of carboxylic acids is 2. The van der Waals surface area contributed by atoms with Crippen molar-refractivity contribution in [1.82, 2.24) is 4.90 Å². The van der Waals surface area contributed by atoms with Crippen LogP contribution in [0.1, 0.15) is 18.4 Å². The number of hydrogen-bond donors (Lipinski definition) is 2. The van der Waals surface area contributed by atoms with Gasteiger partial charge in [-0.1, -0.05) is 30.3 Å². The third-order valence-corrected chi connectivity index (χ3v) is 5.68. The number of rotatable bonds is 3. The minimum Gasteiger partial charge on any atom is -0.478 e. The van der Waals surface area contributed by atoms with Crippen LogP contribution in [0.25, 0.3) is 0 Å². The number of hydrogen-bond acceptors (Lipinski definition) is 4. The molecule has 4 rings (SSSR count). The van der Waals surface area contributed by atoms with Crippen molar-refractivity contribution in [3.63, 3.8) is 0 Å². The Morgan fingerprint density at radius 1 is 0.933 bits per heavy atom. The summed E-state index contributed by atoms with van der Waals surface area (Å²) in [7, 11) is 2.18. The van der Waals surface area contributed by atoms with Crippen LogP contribution in [0, 0.1) is 5.82 Å². The van der Waals surface area contributed by atoms with E-state index in [1.165, 1.54) is 11.3 Å². The smallest absolute Gasteiger partial charge is 0.328 e. The first-order valence-electron chi connectivity index (χ1n) is 9.76. The minimum absolute atomic E-state index is 0.137. The molecule has 158 valence electrons. The van der Waals surface area contributed by atoms with Gasteiger partial charge in [0, 0.05) is 29.8 Å². The largest absolute Gasteiger partial charge is 0.478 e. The van der Waals surface area contributed by atoms with Gasteiger partial charge >= 0.3 is 11.9 Å². The summed E-state index contributed by atoms with van der Waals surface area (Å²) >= 11 is 0. The summed E-state index contributed by atoms with van der Waals surface area (Å²) in [5.74, 6) is -2.65. The molecule has 0 atom stereocenters. The number of benzene rings is 2. The molecule has 2 heterocycles. The van der Waals surface area contributed by atoms with Crippen molar-refractivity contribution in [2.75, 3.05) is 31.6 Å². The van der Waals surface area contributed by atoms with Gasteiger partial charge in [0.25, 0.3) is 0 Å². The summed E-state index contributed by atoms with van der Waals surface area (Å²) in [4.78, 5) is 23.7. The zero-order valence-corrected chi connectivity index (χ0v) is 16.8. The molecule has 2 aliphatic rings. The Bertz CT molecular complexity index is 936. The molecule has 0 saturated carbocycles. The van der Waals surface area contributed by atoms with Crippen LogP contribution < -0.4 is 4.90 Å². The van der Waals surface area contributed by atoms with E-state index >= 15 is 0 Å². The zero-order chi connectivity index (χ0) is 21.7. The fourth-order valence-corrected chi connectivity index (χ4v) is 4.13. The summed E-state index contributed by atoms with van der Waals surface area (Å²) in [5.41, 5.74) is 3.44. The summed E-state index contributed by atoms with van der Waals surface area (Å²) < 4.78 is 14.3. The Balaban J connectivity index is 0.000000275. The van der Waals surface area contributed by atoms with E-state index in [9.17, 15) is 14.0 Å². The lowest BCUT2D eigenvalue weighted by Crippen LogP contribution is -2.43. The topological polar surface area (TPSA) is 81.1 Å². The van der Waals surface area contributed by atoms with Gasteiger partial charge in [-0.15, -0.1) is 0 Å². The first-order chi connectivity index (χ1) is 14.3. The number of nitrogens with zero attached hydrogens (tertiary/aromatic N) is 2. The highest BCUT2D eigenvalue weighted by molar-refractivity contribution is 5.89. The van der Waals surface area contributed by atoms with Gasteiger partial charge in [0.2, 0.25) is 0 Å². The SMILES string of the molecule is CN1CCC2(CC1)CN(c1ccccc1F)c1ccccc12.O=C(O)/C=C\C(=O)O. The van der Waals surface area contributed by atoms with Crippen molar-refractivity contribution in [2.45, 2.75) is 18.3 Å². The van der Waals surface area contributed by atoms with Crippen LogP contribution in [0.2, 0.25) is 0 Å². The Morgan fingerprint density at radius 2 is 1.47 bits per heavy atom. The van der Waals surface area contributed by atoms with Crippen LogP contribution in [0.3, 0.4) is 0 Å². The van der Waals surface area contributed by atoms with Gasteiger partial charge < -0.3 is 20.0 Å². The van der Waals surface area contributed by atoms with Crippen LogP contribution in [-0.4, -0.2) is 53.7 Å². The number of aliphatic carboxylic acids is 2. The summed E-state index contributed by atoms with van der Waals surface area (Å²) in [6.45, 7) is 3.11. The molecule has 2 N–H and O–H groups in total. The number of carbonyl (C=O) groups is 2. The number of likely N-dealkylation sites (tertiary alicyclic amines) is 1. The molecule has 30 heavy (non-hydrogen) atoms. The van der Waals surface area contributed by atoms with Gasteiger partial charge in [-0.25, -0.2) is 14.0 Å². The van der Waals surface area contributed by atoms with Crippen molar-refractivity contribution in [3.8, 4) is 0 Å². The van der Waals surface area contributed by atoms with E-state index in [1.54, 1.807) is 12.1 Å². The molecule has 7 heteroatoms. The van der Waals surface area contributed by atoms with E-state index in [-0.39, 0.29) is 11.2 Å². The van der Waals surface area contributed by atoms with E-state index in [2.05, 4.69) is 41.1 Å². The van der Waals surface area contributed by atoms with Crippen molar-refractivity contribution < 1.29 is 24.2 Å². The highest BCUT2D eigenvalue weighted by Crippen LogP contribution is 2.49. The first-order valence-corrected chi connectivity index (χ1v) is 9.76. The maximum Gasteiger partial charge on any atom is 0.328 e. The molecule has 0 aliphatic carbocycles. The lowest BCUT2D eigenvalue weighted by molar-refractivity contribution is -0.134. The van der Waals surface area contributed by atoms with E-state index in [0.717, 1.165) is 32.5 Å². The summed E-state index contributed by atoms with van der Waals surface area (Å²) in [6, 6.07) is 15.7. The first kappa shape index (κ1) is 21.5. The van der Waals surface area contributed by atoms with Crippen molar-refractivity contribution in [3.05, 3.63) is 72.1 Å². The summed E-state index contributed by atoms with van der Waals surface area (Å²) in [6.07, 6.45) is 3.40. The Hall–Kier alpha value is -3.19. The van der Waals surface area contributed by atoms with Gasteiger partial charge in [-0.05, 0) is 56.7 Å². The maximum atomic E-state index is 14.3. The molecular weight excluding hydrogens is 387 g/mol. The van der Waals surface area contributed by atoms with Gasteiger partial charge in [0.05, 0.1) is 5.69 Å².